The van der Waals surface area contributed by atoms with Crippen LogP contribution in [0.2, 0.25) is 0 Å². The van der Waals surface area contributed by atoms with Crippen LogP contribution < -0.4 is 9.67 Å². The van der Waals surface area contributed by atoms with Gasteiger partial charge in [-0.3, -0.25) is 4.55 Å². The predicted molar refractivity (Wildman–Crippen MR) is 108 cm³/mol. The second-order valence-corrected chi connectivity index (χ2v) is 11.0. The average Bonchev–Trinajstić information content (AvgIpc) is 2.72. The van der Waals surface area contributed by atoms with E-state index in [0.29, 0.717) is 0 Å². The third-order valence-corrected chi connectivity index (χ3v) is 7.55. The minimum absolute atomic E-state index is 0.0730. The van der Waals surface area contributed by atoms with Gasteiger partial charge in [0.05, 0.1) is 4.90 Å². The quantitative estimate of drug-likeness (QED) is 0.179. The first kappa shape index (κ1) is 23.8. The van der Waals surface area contributed by atoms with E-state index in [1.54, 1.807) is 18.2 Å². The Labute approximate surface area is 174 Å². The van der Waals surface area contributed by atoms with E-state index in [2.05, 4.69) is 13.1 Å². The van der Waals surface area contributed by atoms with Gasteiger partial charge in [-0.2, -0.15) is 8.42 Å². The Bertz CT molecular complexity index is 1190. The van der Waals surface area contributed by atoms with Crippen molar-refractivity contribution < 1.29 is 39.8 Å². The molecule has 3 aromatic carbocycles. The number of hydrogen-bond acceptors (Lipinski definition) is 8. The van der Waals surface area contributed by atoms with Crippen LogP contribution in [0.4, 0.5) is 5.69 Å². The topological polar surface area (TPSA) is 159 Å². The number of para-hydroxylation sites is 1. The number of nitrogens with one attached hydrogen (secondary N) is 1. The molecule has 0 radical (unpaired) electrons. The second-order valence-electron chi connectivity index (χ2n) is 5.84. The molecule has 160 valence electrons. The molecule has 0 unspecified atom stereocenters. The summed E-state index contributed by atoms with van der Waals surface area (Å²) in [5.74, 6) is -0.398. The summed E-state index contributed by atoms with van der Waals surface area (Å²) in [6.45, 7) is 1.26. The number of benzene rings is 3. The molecule has 3 aromatic rings. The molecule has 4 N–H and O–H groups in total. The summed E-state index contributed by atoms with van der Waals surface area (Å²) in [7, 11) is -4.09. The molecule has 3 rings (SSSR count). The number of amides is 1. The van der Waals surface area contributed by atoms with E-state index in [-0.39, 0.29) is 14.9 Å². The maximum atomic E-state index is 11.7. The fourth-order valence-electron chi connectivity index (χ4n) is 2.44. The van der Waals surface area contributed by atoms with Crippen molar-refractivity contribution in [2.24, 2.45) is 0 Å². The standard InChI is InChI=1S/C10H8O3S.C8H10AsNO6/c11-14(12,13)10-6-5-8-3-1-2-4-9(8)7-10;1-6(11)10-8-5-3-2-4-7(8)9(12,15-13)16-14/h1-7H,(H,11,12,13);2-5,13-14H,1H3,(H,10,11). The van der Waals surface area contributed by atoms with Crippen molar-refractivity contribution >= 4 is 51.0 Å². The number of fused-ring (bicyclic) bond motifs is 1. The summed E-state index contributed by atoms with van der Waals surface area (Å²) < 4.78 is 49.5. The Morgan fingerprint density at radius 3 is 2.07 bits per heavy atom. The van der Waals surface area contributed by atoms with Crippen molar-refractivity contribution in [1.82, 2.24) is 0 Å². The molecule has 30 heavy (non-hydrogen) atoms. The van der Waals surface area contributed by atoms with E-state index in [9.17, 15) is 17.0 Å². The van der Waals surface area contributed by atoms with Gasteiger partial charge in [0.2, 0.25) is 0 Å². The van der Waals surface area contributed by atoms with Crippen LogP contribution in [0, 0.1) is 0 Å². The van der Waals surface area contributed by atoms with Gasteiger partial charge in [0.15, 0.2) is 0 Å². The van der Waals surface area contributed by atoms with Crippen LogP contribution in [0.1, 0.15) is 6.92 Å². The van der Waals surface area contributed by atoms with E-state index < -0.39 is 30.2 Å². The molecule has 1 amide bonds. The van der Waals surface area contributed by atoms with Gasteiger partial charge in [0.1, 0.15) is 0 Å². The summed E-state index contributed by atoms with van der Waals surface area (Å²) in [6, 6.07) is 17.7. The molecule has 10 nitrogen and oxygen atoms in total. The number of carbonyl (C=O) groups excluding carboxylic acids is 1. The molecule has 0 saturated heterocycles. The number of rotatable bonds is 5. The van der Waals surface area contributed by atoms with Gasteiger partial charge in [-0.15, -0.1) is 0 Å². The molecule has 0 bridgehead atoms. The third kappa shape index (κ3) is 6.00. The Morgan fingerprint density at radius 2 is 1.50 bits per heavy atom. The van der Waals surface area contributed by atoms with Gasteiger partial charge in [-0.05, 0) is 22.9 Å². The van der Waals surface area contributed by atoms with Crippen LogP contribution >= 0.6 is 0 Å². The average molecular weight is 499 g/mol. The zero-order valence-corrected chi connectivity index (χ0v) is 18.2. The largest absolute Gasteiger partial charge is 0.294 e. The molecule has 0 atom stereocenters. The zero-order valence-electron chi connectivity index (χ0n) is 15.5. The first-order valence-electron chi connectivity index (χ1n) is 8.20. The third-order valence-electron chi connectivity index (χ3n) is 3.74. The van der Waals surface area contributed by atoms with Gasteiger partial charge in [-0.1, -0.05) is 30.3 Å². The van der Waals surface area contributed by atoms with Crippen molar-refractivity contribution in [3.63, 3.8) is 0 Å². The van der Waals surface area contributed by atoms with Gasteiger partial charge in [0, 0.05) is 0 Å². The molecular formula is C18H18AsNO9S. The maximum Gasteiger partial charge on any atom is 0.294 e. The number of hydrogen-bond donors (Lipinski definition) is 4. The molecule has 0 aliphatic heterocycles. The Morgan fingerprint density at radius 1 is 0.933 bits per heavy atom. The molecular weight excluding hydrogens is 481 g/mol. The SMILES string of the molecule is CC(=O)Nc1ccccc1[As](=O)(OO)OO.O=S(=O)(O)c1ccc2ccccc2c1. The minimum Gasteiger partial charge on any atom is -0.282 e. The van der Waals surface area contributed by atoms with Gasteiger partial charge in [-0.25, -0.2) is 0 Å². The van der Waals surface area contributed by atoms with E-state index >= 15 is 0 Å². The molecule has 0 heterocycles. The second kappa shape index (κ2) is 10.0. The fraction of sp³-hybridized carbons (Fsp3) is 0.0556. The van der Waals surface area contributed by atoms with Crippen molar-refractivity contribution in [3.8, 4) is 0 Å². The summed E-state index contributed by atoms with van der Waals surface area (Å²) >= 11 is -4.90. The van der Waals surface area contributed by atoms with Gasteiger partial charge >= 0.3 is 93.4 Å². The molecule has 0 fully saturated rings. The van der Waals surface area contributed by atoms with Gasteiger partial charge < -0.3 is 0 Å². The first-order chi connectivity index (χ1) is 14.1. The first-order valence-corrected chi connectivity index (χ1v) is 12.9. The van der Waals surface area contributed by atoms with Crippen molar-refractivity contribution in [3.05, 3.63) is 66.7 Å². The van der Waals surface area contributed by atoms with E-state index in [4.69, 9.17) is 15.1 Å². The molecule has 0 aromatic heterocycles. The molecule has 0 aliphatic rings. The van der Waals surface area contributed by atoms with E-state index in [0.717, 1.165) is 10.8 Å². The zero-order chi connectivity index (χ0) is 22.4. The smallest absolute Gasteiger partial charge is 0.282 e. The molecule has 12 heteroatoms. The van der Waals surface area contributed by atoms with Crippen molar-refractivity contribution in [1.29, 1.82) is 0 Å². The van der Waals surface area contributed by atoms with Crippen LogP contribution in [0.15, 0.2) is 71.6 Å². The summed E-state index contributed by atoms with van der Waals surface area (Å²) in [5.41, 5.74) is 0.139. The minimum atomic E-state index is -4.90. The molecule has 0 saturated carbocycles. The molecule has 0 spiro atoms. The Balaban J connectivity index is 0.000000215. The summed E-state index contributed by atoms with van der Waals surface area (Å²) in [4.78, 5) is 10.8. The normalized spacial score (nSPS) is 11.5. The number of anilines is 1. The molecule has 0 aliphatic carbocycles. The van der Waals surface area contributed by atoms with Crippen LogP contribution in [-0.2, 0) is 26.4 Å². The van der Waals surface area contributed by atoms with Gasteiger partial charge in [0.25, 0.3) is 10.1 Å². The van der Waals surface area contributed by atoms with E-state index in [1.807, 2.05) is 18.2 Å². The summed E-state index contributed by atoms with van der Waals surface area (Å²) in [5, 5.41) is 21.0. The van der Waals surface area contributed by atoms with Crippen LogP contribution in [0.5, 0.6) is 0 Å². The van der Waals surface area contributed by atoms with Crippen molar-refractivity contribution in [2.75, 3.05) is 5.32 Å². The maximum absolute atomic E-state index is 11.7. The van der Waals surface area contributed by atoms with Crippen LogP contribution in [-0.4, -0.2) is 43.6 Å². The summed E-state index contributed by atoms with van der Waals surface area (Å²) in [6.07, 6.45) is 0. The number of carbonyl (C=O) groups is 1. The van der Waals surface area contributed by atoms with E-state index in [1.165, 1.54) is 37.3 Å². The van der Waals surface area contributed by atoms with Crippen LogP contribution in [0.25, 0.3) is 10.8 Å². The predicted octanol–water partition coefficient (Wildman–Crippen LogP) is 2.29. The monoisotopic (exact) mass is 499 g/mol. The Hall–Kier alpha value is -2.50. The fourth-order valence-corrected chi connectivity index (χ4v) is 4.84. The Kier molecular flexibility index (Phi) is 7.93. The van der Waals surface area contributed by atoms with Crippen molar-refractivity contribution in [2.45, 2.75) is 11.8 Å². The van der Waals surface area contributed by atoms with Crippen LogP contribution in [0.3, 0.4) is 0 Å².